The number of nitrogens with zero attached hydrogens (tertiary/aromatic N) is 1. The summed E-state index contributed by atoms with van der Waals surface area (Å²) in [5.41, 5.74) is 0. The summed E-state index contributed by atoms with van der Waals surface area (Å²) < 4.78 is 5.45. The van der Waals surface area contributed by atoms with Gasteiger partial charge in [-0.05, 0) is 0 Å². The molecule has 2 unspecified atom stereocenters. The Bertz CT molecular complexity index is 306. The van der Waals surface area contributed by atoms with Gasteiger partial charge in [0.25, 0.3) is 0 Å². The smallest absolute Gasteiger partial charge is 0.235 e. The average molecular weight is 179 g/mol. The first-order chi connectivity index (χ1) is 6.20. The molecule has 2 amide bonds. The first-order valence-electron chi connectivity index (χ1n) is 4.35. The van der Waals surface area contributed by atoms with Crippen molar-refractivity contribution >= 4 is 11.8 Å². The third kappa shape index (κ3) is 0.659. The molecule has 0 radical (unpaired) electrons. The van der Waals surface area contributed by atoms with Crippen LogP contribution in [0.1, 0.15) is 0 Å². The standard InChI is InChI=1S/C9H9NO3/c1-10-8(11)6-4-2-3-5(13-4)7(6)9(10)12/h2-7H,1H3/t4?,5?,6-,7+. The molecular formula is C9H9NO3. The van der Waals surface area contributed by atoms with Crippen LogP contribution < -0.4 is 0 Å². The topological polar surface area (TPSA) is 46.6 Å². The van der Waals surface area contributed by atoms with E-state index in [4.69, 9.17) is 4.74 Å². The van der Waals surface area contributed by atoms with Gasteiger partial charge in [0.2, 0.25) is 11.8 Å². The summed E-state index contributed by atoms with van der Waals surface area (Å²) in [6, 6.07) is 0. The Morgan fingerprint density at radius 3 is 2.08 bits per heavy atom. The zero-order chi connectivity index (χ0) is 9.16. The molecule has 4 atom stereocenters. The van der Waals surface area contributed by atoms with Gasteiger partial charge in [-0.25, -0.2) is 0 Å². The summed E-state index contributed by atoms with van der Waals surface area (Å²) in [5.74, 6) is -0.668. The van der Waals surface area contributed by atoms with E-state index in [1.54, 1.807) is 7.05 Å². The molecule has 0 aromatic rings. The zero-order valence-electron chi connectivity index (χ0n) is 7.14. The lowest BCUT2D eigenvalue weighted by Gasteiger charge is -2.10. The third-order valence-corrected chi connectivity index (χ3v) is 3.13. The van der Waals surface area contributed by atoms with Gasteiger partial charge < -0.3 is 4.74 Å². The summed E-state index contributed by atoms with van der Waals surface area (Å²) in [4.78, 5) is 24.4. The minimum absolute atomic E-state index is 0.0909. The molecule has 0 saturated carbocycles. The molecule has 4 nitrogen and oxygen atoms in total. The van der Waals surface area contributed by atoms with Crippen molar-refractivity contribution in [3.8, 4) is 0 Å². The second-order valence-electron chi connectivity index (χ2n) is 3.74. The van der Waals surface area contributed by atoms with Crippen molar-refractivity contribution in [3.63, 3.8) is 0 Å². The molecule has 3 aliphatic rings. The summed E-state index contributed by atoms with van der Waals surface area (Å²) >= 11 is 0. The van der Waals surface area contributed by atoms with Crippen LogP contribution in [0.15, 0.2) is 12.2 Å². The fourth-order valence-electron chi connectivity index (χ4n) is 2.45. The highest BCUT2D eigenvalue weighted by Crippen LogP contribution is 2.44. The predicted octanol–water partition coefficient (Wildman–Crippen LogP) is -0.445. The van der Waals surface area contributed by atoms with Crippen LogP contribution in [-0.4, -0.2) is 36.0 Å². The monoisotopic (exact) mass is 179 g/mol. The van der Waals surface area contributed by atoms with Gasteiger partial charge >= 0.3 is 0 Å². The first kappa shape index (κ1) is 7.26. The summed E-state index contributed by atoms with van der Waals surface area (Å²) in [6.07, 6.45) is 3.46. The summed E-state index contributed by atoms with van der Waals surface area (Å²) in [6.45, 7) is 0. The SMILES string of the molecule is CN1C(=O)[C@@H]2C3C=CC(O3)[C@@H]2C1=O. The Labute approximate surface area is 75.1 Å². The highest BCUT2D eigenvalue weighted by atomic mass is 16.5. The quantitative estimate of drug-likeness (QED) is 0.374. The second-order valence-corrected chi connectivity index (χ2v) is 3.74. The molecule has 0 aliphatic carbocycles. The maximum absolute atomic E-state index is 11.6. The van der Waals surface area contributed by atoms with Crippen molar-refractivity contribution < 1.29 is 14.3 Å². The van der Waals surface area contributed by atoms with Gasteiger partial charge in [-0.3, -0.25) is 14.5 Å². The molecule has 68 valence electrons. The first-order valence-corrected chi connectivity index (χ1v) is 4.35. The number of carbonyl (C=O) groups is 2. The minimum atomic E-state index is -0.243. The van der Waals surface area contributed by atoms with Crippen LogP contribution in [0.2, 0.25) is 0 Å². The van der Waals surface area contributed by atoms with Crippen LogP contribution >= 0.6 is 0 Å². The maximum atomic E-state index is 11.6. The van der Waals surface area contributed by atoms with Gasteiger partial charge in [0.05, 0.1) is 24.0 Å². The van der Waals surface area contributed by atoms with Crippen LogP contribution in [0.4, 0.5) is 0 Å². The predicted molar refractivity (Wildman–Crippen MR) is 42.6 cm³/mol. The largest absolute Gasteiger partial charge is 0.365 e. The Morgan fingerprint density at radius 2 is 1.62 bits per heavy atom. The minimum Gasteiger partial charge on any atom is -0.365 e. The number of imide groups is 1. The van der Waals surface area contributed by atoms with E-state index < -0.39 is 0 Å². The van der Waals surface area contributed by atoms with Crippen molar-refractivity contribution in [1.82, 2.24) is 4.90 Å². The lowest BCUT2D eigenvalue weighted by Crippen LogP contribution is -2.30. The van der Waals surface area contributed by atoms with E-state index in [1.807, 2.05) is 12.2 Å². The van der Waals surface area contributed by atoms with E-state index in [2.05, 4.69) is 0 Å². The molecule has 3 rings (SSSR count). The lowest BCUT2D eigenvalue weighted by atomic mass is 9.85. The van der Waals surface area contributed by atoms with Crippen LogP contribution in [0.3, 0.4) is 0 Å². The normalized spacial score (nSPS) is 46.4. The van der Waals surface area contributed by atoms with Gasteiger partial charge in [0.1, 0.15) is 0 Å². The lowest BCUT2D eigenvalue weighted by molar-refractivity contribution is -0.140. The number of carbonyl (C=O) groups excluding carboxylic acids is 2. The molecule has 3 heterocycles. The van der Waals surface area contributed by atoms with Crippen molar-refractivity contribution in [1.29, 1.82) is 0 Å². The fourth-order valence-corrected chi connectivity index (χ4v) is 2.45. The number of hydrogen-bond donors (Lipinski definition) is 0. The number of ether oxygens (including phenoxy) is 1. The van der Waals surface area contributed by atoms with Gasteiger partial charge in [0, 0.05) is 7.05 Å². The van der Waals surface area contributed by atoms with Crippen molar-refractivity contribution in [2.24, 2.45) is 11.8 Å². The number of amides is 2. The molecule has 0 N–H and O–H groups in total. The highest BCUT2D eigenvalue weighted by Gasteiger charge is 2.59. The number of rotatable bonds is 0. The Hall–Kier alpha value is -1.16. The molecule has 0 aromatic carbocycles. The number of likely N-dealkylation sites (tertiary alicyclic amines) is 1. The van der Waals surface area contributed by atoms with Crippen LogP contribution in [0, 0.1) is 11.8 Å². The average Bonchev–Trinajstić information content (AvgIpc) is 2.76. The van der Waals surface area contributed by atoms with Crippen molar-refractivity contribution in [2.45, 2.75) is 12.2 Å². The Balaban J connectivity index is 2.08. The summed E-state index contributed by atoms with van der Waals surface area (Å²) in [5, 5.41) is 0. The Kier molecular flexibility index (Phi) is 1.12. The number of hydrogen-bond acceptors (Lipinski definition) is 3. The Morgan fingerprint density at radius 1 is 1.15 bits per heavy atom. The van der Waals surface area contributed by atoms with Crippen molar-refractivity contribution in [2.75, 3.05) is 7.05 Å². The van der Waals surface area contributed by atoms with E-state index in [0.717, 1.165) is 0 Å². The molecule has 13 heavy (non-hydrogen) atoms. The van der Waals surface area contributed by atoms with E-state index in [0.29, 0.717) is 0 Å². The summed E-state index contributed by atoms with van der Waals surface area (Å²) in [7, 11) is 1.54. The van der Waals surface area contributed by atoms with Gasteiger partial charge in [-0.2, -0.15) is 0 Å². The maximum Gasteiger partial charge on any atom is 0.235 e. The van der Waals surface area contributed by atoms with Crippen LogP contribution in [-0.2, 0) is 14.3 Å². The second kappa shape index (κ2) is 2.01. The van der Waals surface area contributed by atoms with Crippen molar-refractivity contribution in [3.05, 3.63) is 12.2 Å². The van der Waals surface area contributed by atoms with Crippen LogP contribution in [0.25, 0.3) is 0 Å². The number of fused-ring (bicyclic) bond motifs is 5. The van der Waals surface area contributed by atoms with E-state index in [1.165, 1.54) is 4.90 Å². The molecule has 2 fully saturated rings. The highest BCUT2D eigenvalue weighted by molar-refractivity contribution is 6.06. The van der Waals surface area contributed by atoms with E-state index in [9.17, 15) is 9.59 Å². The molecule has 2 bridgehead atoms. The van der Waals surface area contributed by atoms with E-state index in [-0.39, 0.29) is 35.9 Å². The molecule has 0 aromatic heterocycles. The fraction of sp³-hybridized carbons (Fsp3) is 0.556. The van der Waals surface area contributed by atoms with Gasteiger partial charge in [0.15, 0.2) is 0 Å². The molecule has 0 spiro atoms. The zero-order valence-corrected chi connectivity index (χ0v) is 7.14. The van der Waals surface area contributed by atoms with Gasteiger partial charge in [-0.15, -0.1) is 0 Å². The third-order valence-electron chi connectivity index (χ3n) is 3.13. The molecular weight excluding hydrogens is 170 g/mol. The van der Waals surface area contributed by atoms with Crippen LogP contribution in [0.5, 0.6) is 0 Å². The molecule has 4 heteroatoms. The van der Waals surface area contributed by atoms with E-state index >= 15 is 0 Å². The molecule has 2 saturated heterocycles. The molecule has 3 aliphatic heterocycles. The van der Waals surface area contributed by atoms with Gasteiger partial charge in [-0.1, -0.05) is 12.2 Å².